The predicted molar refractivity (Wildman–Crippen MR) is 78.3 cm³/mol. The summed E-state index contributed by atoms with van der Waals surface area (Å²) in [5, 5.41) is 14.4. The molecule has 2 N–H and O–H groups in total. The van der Waals surface area contributed by atoms with Crippen LogP contribution in [0.15, 0.2) is 30.3 Å². The van der Waals surface area contributed by atoms with Crippen LogP contribution in [0.25, 0.3) is 10.9 Å². The lowest BCUT2D eigenvalue weighted by molar-refractivity contribution is 0.138. The van der Waals surface area contributed by atoms with Gasteiger partial charge >= 0.3 is 0 Å². The lowest BCUT2D eigenvalue weighted by Gasteiger charge is -2.17. The van der Waals surface area contributed by atoms with E-state index in [1.165, 1.54) is 5.39 Å². The van der Waals surface area contributed by atoms with Crippen LogP contribution in [0.3, 0.4) is 0 Å². The molecule has 2 atom stereocenters. The predicted octanol–water partition coefficient (Wildman–Crippen LogP) is 3.12. The van der Waals surface area contributed by atoms with Gasteiger partial charge in [-0.3, -0.25) is 0 Å². The van der Waals surface area contributed by atoms with Crippen molar-refractivity contribution < 1.29 is 5.11 Å². The number of benzene rings is 1. The zero-order chi connectivity index (χ0) is 13.2. The maximum Gasteiger partial charge on any atom is 0.129 e. The van der Waals surface area contributed by atoms with Crippen molar-refractivity contribution in [2.24, 2.45) is 5.92 Å². The molecule has 3 heteroatoms. The van der Waals surface area contributed by atoms with Gasteiger partial charge in [0.05, 0.1) is 11.6 Å². The van der Waals surface area contributed by atoms with Gasteiger partial charge < -0.3 is 10.4 Å². The maximum atomic E-state index is 9.85. The summed E-state index contributed by atoms with van der Waals surface area (Å²) in [6.07, 6.45) is 3.04. The van der Waals surface area contributed by atoms with Crippen molar-refractivity contribution in [3.8, 4) is 0 Å². The zero-order valence-electron chi connectivity index (χ0n) is 11.3. The molecule has 0 spiro atoms. The number of aromatic nitrogens is 1. The number of pyridine rings is 1. The number of fused-ring (bicyclic) bond motifs is 1. The fourth-order valence-electron chi connectivity index (χ4n) is 2.88. The Bertz CT molecular complexity index is 582. The van der Waals surface area contributed by atoms with Crippen molar-refractivity contribution in [1.82, 2.24) is 4.98 Å². The van der Waals surface area contributed by atoms with Crippen molar-refractivity contribution in [1.29, 1.82) is 0 Å². The Kier molecular flexibility index (Phi) is 3.38. The molecule has 19 heavy (non-hydrogen) atoms. The molecule has 1 fully saturated rings. The molecule has 1 aromatic heterocycles. The minimum Gasteiger partial charge on any atom is -0.393 e. The molecule has 0 bridgehead atoms. The van der Waals surface area contributed by atoms with E-state index in [4.69, 9.17) is 0 Å². The van der Waals surface area contributed by atoms with E-state index >= 15 is 0 Å². The molecule has 1 aliphatic rings. The Hall–Kier alpha value is -1.61. The number of nitrogens with zero attached hydrogens (tertiary/aromatic N) is 1. The van der Waals surface area contributed by atoms with Crippen LogP contribution in [0.5, 0.6) is 0 Å². The Balaban J connectivity index is 1.78. The third kappa shape index (κ3) is 2.56. The van der Waals surface area contributed by atoms with Gasteiger partial charge in [-0.25, -0.2) is 4.98 Å². The van der Waals surface area contributed by atoms with Crippen LogP contribution < -0.4 is 5.32 Å². The molecular weight excluding hydrogens is 236 g/mol. The van der Waals surface area contributed by atoms with E-state index in [-0.39, 0.29) is 6.10 Å². The highest BCUT2D eigenvalue weighted by molar-refractivity contribution is 5.81. The molecule has 2 aromatic rings. The van der Waals surface area contributed by atoms with Crippen molar-refractivity contribution in [3.05, 3.63) is 35.9 Å². The average Bonchev–Trinajstić information content (AvgIpc) is 2.82. The second-order valence-corrected chi connectivity index (χ2v) is 5.49. The van der Waals surface area contributed by atoms with E-state index < -0.39 is 0 Å². The highest BCUT2D eigenvalue weighted by Crippen LogP contribution is 2.26. The summed E-state index contributed by atoms with van der Waals surface area (Å²) < 4.78 is 0. The zero-order valence-corrected chi connectivity index (χ0v) is 11.3. The summed E-state index contributed by atoms with van der Waals surface area (Å²) in [6.45, 7) is 2.89. The van der Waals surface area contributed by atoms with Crippen LogP contribution in [0.4, 0.5) is 5.82 Å². The van der Waals surface area contributed by atoms with Crippen LogP contribution in [0.1, 0.15) is 24.8 Å². The van der Waals surface area contributed by atoms with Crippen LogP contribution in [-0.4, -0.2) is 22.7 Å². The summed E-state index contributed by atoms with van der Waals surface area (Å²) in [5.74, 6) is 1.31. The number of hydrogen-bond donors (Lipinski definition) is 2. The Morgan fingerprint density at radius 2 is 2.16 bits per heavy atom. The van der Waals surface area contributed by atoms with Gasteiger partial charge in [-0.05, 0) is 37.5 Å². The number of aliphatic hydroxyl groups is 1. The van der Waals surface area contributed by atoms with E-state index in [1.807, 2.05) is 18.2 Å². The van der Waals surface area contributed by atoms with Crippen molar-refractivity contribution in [2.75, 3.05) is 11.9 Å². The first-order valence-electron chi connectivity index (χ1n) is 7.02. The lowest BCUT2D eigenvalue weighted by atomic mass is 10.1. The summed E-state index contributed by atoms with van der Waals surface area (Å²) in [5.41, 5.74) is 2.17. The van der Waals surface area contributed by atoms with Gasteiger partial charge in [0.15, 0.2) is 0 Å². The third-order valence-corrected chi connectivity index (χ3v) is 4.07. The summed E-state index contributed by atoms with van der Waals surface area (Å²) >= 11 is 0. The molecule has 0 radical (unpaired) electrons. The molecule has 0 saturated heterocycles. The highest BCUT2D eigenvalue weighted by Gasteiger charge is 2.24. The first kappa shape index (κ1) is 12.4. The molecule has 1 aliphatic carbocycles. The molecule has 0 amide bonds. The summed E-state index contributed by atoms with van der Waals surface area (Å²) in [7, 11) is 0. The van der Waals surface area contributed by atoms with Crippen molar-refractivity contribution >= 4 is 16.7 Å². The molecule has 0 aliphatic heterocycles. The lowest BCUT2D eigenvalue weighted by Crippen LogP contribution is -2.22. The number of aryl methyl sites for hydroxylation is 1. The van der Waals surface area contributed by atoms with Crippen molar-refractivity contribution in [2.45, 2.75) is 32.3 Å². The Morgan fingerprint density at radius 3 is 2.95 bits per heavy atom. The van der Waals surface area contributed by atoms with E-state index in [0.717, 1.165) is 42.7 Å². The largest absolute Gasteiger partial charge is 0.393 e. The first-order chi connectivity index (χ1) is 9.24. The maximum absolute atomic E-state index is 9.85. The molecule has 1 saturated carbocycles. The third-order valence-electron chi connectivity index (χ3n) is 4.07. The molecule has 3 nitrogen and oxygen atoms in total. The SMILES string of the molecule is Cc1cc2ccccc2nc1NCC1CCCC1O. The van der Waals surface area contributed by atoms with Crippen LogP contribution >= 0.6 is 0 Å². The smallest absolute Gasteiger partial charge is 0.129 e. The molecular formula is C16H20N2O. The van der Waals surface area contributed by atoms with E-state index in [0.29, 0.717) is 5.92 Å². The quantitative estimate of drug-likeness (QED) is 0.887. The highest BCUT2D eigenvalue weighted by atomic mass is 16.3. The summed E-state index contributed by atoms with van der Waals surface area (Å²) in [4.78, 5) is 4.67. The molecule has 2 unspecified atom stereocenters. The number of anilines is 1. The van der Waals surface area contributed by atoms with Gasteiger partial charge in [0.2, 0.25) is 0 Å². The molecule has 3 rings (SSSR count). The molecule has 100 valence electrons. The monoisotopic (exact) mass is 256 g/mol. The van der Waals surface area contributed by atoms with Gasteiger partial charge in [0.25, 0.3) is 0 Å². The summed E-state index contributed by atoms with van der Waals surface area (Å²) in [6, 6.07) is 10.3. The van der Waals surface area contributed by atoms with Gasteiger partial charge in [0, 0.05) is 17.8 Å². The number of para-hydroxylation sites is 1. The fourth-order valence-corrected chi connectivity index (χ4v) is 2.88. The second-order valence-electron chi connectivity index (χ2n) is 5.49. The van der Waals surface area contributed by atoms with E-state index in [1.54, 1.807) is 0 Å². The number of aliphatic hydroxyl groups excluding tert-OH is 1. The van der Waals surface area contributed by atoms with Crippen LogP contribution in [0, 0.1) is 12.8 Å². The average molecular weight is 256 g/mol. The number of hydrogen-bond acceptors (Lipinski definition) is 3. The van der Waals surface area contributed by atoms with Gasteiger partial charge in [0.1, 0.15) is 5.82 Å². The first-order valence-corrected chi connectivity index (χ1v) is 7.02. The minimum atomic E-state index is -0.145. The molecule has 1 aromatic carbocycles. The van der Waals surface area contributed by atoms with Crippen molar-refractivity contribution in [3.63, 3.8) is 0 Å². The topological polar surface area (TPSA) is 45.2 Å². The normalized spacial score (nSPS) is 22.8. The Morgan fingerprint density at radius 1 is 1.32 bits per heavy atom. The fraction of sp³-hybridized carbons (Fsp3) is 0.438. The molecule has 1 heterocycles. The standard InChI is InChI=1S/C16H20N2O/c1-11-9-12-5-2-3-7-14(12)18-16(11)17-10-13-6-4-8-15(13)19/h2-3,5,7,9,13,15,19H,4,6,8,10H2,1H3,(H,17,18). The van der Waals surface area contributed by atoms with E-state index in [2.05, 4.69) is 29.4 Å². The van der Waals surface area contributed by atoms with Gasteiger partial charge in [-0.2, -0.15) is 0 Å². The van der Waals surface area contributed by atoms with Crippen LogP contribution in [-0.2, 0) is 0 Å². The Labute approximate surface area is 113 Å². The van der Waals surface area contributed by atoms with Gasteiger partial charge in [-0.15, -0.1) is 0 Å². The number of rotatable bonds is 3. The second kappa shape index (κ2) is 5.17. The minimum absolute atomic E-state index is 0.145. The van der Waals surface area contributed by atoms with Crippen LogP contribution in [0.2, 0.25) is 0 Å². The van der Waals surface area contributed by atoms with Gasteiger partial charge in [-0.1, -0.05) is 24.6 Å². The number of nitrogens with one attached hydrogen (secondary N) is 1. The van der Waals surface area contributed by atoms with E-state index in [9.17, 15) is 5.11 Å².